The van der Waals surface area contributed by atoms with Crippen molar-refractivity contribution in [1.29, 1.82) is 0 Å². The minimum Gasteiger partial charge on any atom is -0.367 e. The van der Waals surface area contributed by atoms with Gasteiger partial charge in [-0.1, -0.05) is 42.0 Å². The topological polar surface area (TPSA) is 15.3 Å². The van der Waals surface area contributed by atoms with E-state index in [0.717, 1.165) is 19.6 Å². The molecular formula is C19H24N2. The largest absolute Gasteiger partial charge is 0.367 e. The Balaban J connectivity index is 1.94. The minimum absolute atomic E-state index is 0.926. The Bertz CT molecular complexity index is 619. The smallest absolute Gasteiger partial charge is 0.0432 e. The molecule has 0 aliphatic carbocycles. The molecule has 0 fully saturated rings. The van der Waals surface area contributed by atoms with Crippen LogP contribution in [0.5, 0.6) is 0 Å². The summed E-state index contributed by atoms with van der Waals surface area (Å²) in [6.07, 6.45) is 2.42. The van der Waals surface area contributed by atoms with Crippen LogP contribution in [0, 0.1) is 6.92 Å². The first-order valence-corrected chi connectivity index (χ1v) is 7.84. The van der Waals surface area contributed by atoms with E-state index in [1.807, 2.05) is 7.05 Å². The fourth-order valence-corrected chi connectivity index (χ4v) is 3.26. The van der Waals surface area contributed by atoms with E-state index in [2.05, 4.69) is 59.6 Å². The Kier molecular flexibility index (Phi) is 4.26. The summed E-state index contributed by atoms with van der Waals surface area (Å²) in [6.45, 7) is 5.25. The van der Waals surface area contributed by atoms with Gasteiger partial charge >= 0.3 is 0 Å². The van der Waals surface area contributed by atoms with Crippen molar-refractivity contribution in [3.63, 3.8) is 0 Å². The third kappa shape index (κ3) is 3.11. The molecule has 0 bridgehead atoms. The lowest BCUT2D eigenvalue weighted by molar-refractivity contribution is 0.748. The van der Waals surface area contributed by atoms with Crippen LogP contribution >= 0.6 is 0 Å². The number of hydrogen-bond donors (Lipinski definition) is 1. The summed E-state index contributed by atoms with van der Waals surface area (Å²) in [4.78, 5) is 2.54. The van der Waals surface area contributed by atoms with E-state index in [9.17, 15) is 0 Å². The van der Waals surface area contributed by atoms with Crippen molar-refractivity contribution in [1.82, 2.24) is 5.32 Å². The molecule has 1 N–H and O–H groups in total. The average Bonchev–Trinajstić information content (AvgIpc) is 2.70. The molecule has 0 saturated heterocycles. The Morgan fingerprint density at radius 3 is 2.71 bits per heavy atom. The molecule has 3 rings (SSSR count). The maximum Gasteiger partial charge on any atom is 0.0432 e. The zero-order valence-electron chi connectivity index (χ0n) is 13.0. The predicted molar refractivity (Wildman–Crippen MR) is 89.8 cm³/mol. The average molecular weight is 280 g/mol. The summed E-state index contributed by atoms with van der Waals surface area (Å²) in [7, 11) is 2.02. The van der Waals surface area contributed by atoms with Crippen LogP contribution in [0.1, 0.15) is 28.7 Å². The number of nitrogens with one attached hydrogen (secondary N) is 1. The van der Waals surface area contributed by atoms with E-state index in [-0.39, 0.29) is 0 Å². The molecule has 0 amide bonds. The molecule has 21 heavy (non-hydrogen) atoms. The lowest BCUT2D eigenvalue weighted by Gasteiger charge is -2.26. The highest BCUT2D eigenvalue weighted by atomic mass is 15.1. The van der Waals surface area contributed by atoms with Gasteiger partial charge in [0.25, 0.3) is 0 Å². The lowest BCUT2D eigenvalue weighted by atomic mass is 10.0. The van der Waals surface area contributed by atoms with Crippen LogP contribution in [0.25, 0.3) is 0 Å². The molecule has 2 aromatic rings. The van der Waals surface area contributed by atoms with Crippen LogP contribution in [0.3, 0.4) is 0 Å². The quantitative estimate of drug-likeness (QED) is 0.923. The third-order valence-corrected chi connectivity index (χ3v) is 4.30. The second-order valence-electron chi connectivity index (χ2n) is 5.96. The van der Waals surface area contributed by atoms with Gasteiger partial charge in [-0.05, 0) is 49.6 Å². The zero-order chi connectivity index (χ0) is 14.7. The van der Waals surface area contributed by atoms with Crippen LogP contribution < -0.4 is 10.2 Å². The molecule has 0 unspecified atom stereocenters. The number of nitrogens with zero attached hydrogens (tertiary/aromatic N) is 1. The SMILES string of the molecule is CNCc1cc(C)ccc1N1CCCc2ccccc2C1. The van der Waals surface area contributed by atoms with Crippen molar-refractivity contribution in [3.8, 4) is 0 Å². The van der Waals surface area contributed by atoms with Gasteiger partial charge in [0.05, 0.1) is 0 Å². The van der Waals surface area contributed by atoms with E-state index in [1.165, 1.54) is 40.8 Å². The maximum absolute atomic E-state index is 3.30. The Hall–Kier alpha value is -1.80. The van der Waals surface area contributed by atoms with Gasteiger partial charge in [-0.25, -0.2) is 0 Å². The molecular weight excluding hydrogens is 256 g/mol. The van der Waals surface area contributed by atoms with Crippen LogP contribution in [-0.2, 0) is 19.5 Å². The first-order chi connectivity index (χ1) is 10.3. The van der Waals surface area contributed by atoms with Crippen LogP contribution in [0.2, 0.25) is 0 Å². The summed E-state index contributed by atoms with van der Waals surface area (Å²) >= 11 is 0. The van der Waals surface area contributed by atoms with Crippen LogP contribution in [-0.4, -0.2) is 13.6 Å². The normalized spacial score (nSPS) is 14.7. The van der Waals surface area contributed by atoms with Crippen molar-refractivity contribution in [2.45, 2.75) is 32.9 Å². The van der Waals surface area contributed by atoms with Gasteiger partial charge < -0.3 is 10.2 Å². The van der Waals surface area contributed by atoms with E-state index < -0.39 is 0 Å². The molecule has 0 aromatic heterocycles. The number of hydrogen-bond acceptors (Lipinski definition) is 2. The van der Waals surface area contributed by atoms with Gasteiger partial charge in [-0.2, -0.15) is 0 Å². The van der Waals surface area contributed by atoms with Crippen LogP contribution in [0.15, 0.2) is 42.5 Å². The van der Waals surface area contributed by atoms with Crippen molar-refractivity contribution in [2.24, 2.45) is 0 Å². The fraction of sp³-hybridized carbons (Fsp3) is 0.368. The maximum atomic E-state index is 3.30. The van der Waals surface area contributed by atoms with Crippen LogP contribution in [0.4, 0.5) is 5.69 Å². The molecule has 110 valence electrons. The summed E-state index contributed by atoms with van der Waals surface area (Å²) in [5, 5.41) is 3.30. The molecule has 2 heteroatoms. The van der Waals surface area contributed by atoms with Crippen molar-refractivity contribution < 1.29 is 0 Å². The molecule has 1 aliphatic rings. The van der Waals surface area contributed by atoms with Crippen molar-refractivity contribution in [3.05, 3.63) is 64.7 Å². The predicted octanol–water partition coefficient (Wildman–Crippen LogP) is 3.67. The number of benzene rings is 2. The molecule has 0 saturated carbocycles. The standard InChI is InChI=1S/C19H24N2/c1-15-9-10-19(18(12-15)13-20-2)21-11-5-8-16-6-3-4-7-17(16)14-21/h3-4,6-7,9-10,12,20H,5,8,11,13-14H2,1-2H3. The second-order valence-corrected chi connectivity index (χ2v) is 5.96. The third-order valence-electron chi connectivity index (χ3n) is 4.30. The Labute approximate surface area is 127 Å². The Morgan fingerprint density at radius 2 is 1.90 bits per heavy atom. The number of fused-ring (bicyclic) bond motifs is 1. The highest BCUT2D eigenvalue weighted by Gasteiger charge is 2.16. The fourth-order valence-electron chi connectivity index (χ4n) is 3.26. The number of aryl methyl sites for hydroxylation is 2. The minimum atomic E-state index is 0.926. The van der Waals surface area contributed by atoms with E-state index >= 15 is 0 Å². The highest BCUT2D eigenvalue weighted by Crippen LogP contribution is 2.27. The van der Waals surface area contributed by atoms with E-state index in [0.29, 0.717) is 0 Å². The zero-order valence-corrected chi connectivity index (χ0v) is 13.0. The highest BCUT2D eigenvalue weighted by molar-refractivity contribution is 5.56. The molecule has 1 aliphatic heterocycles. The van der Waals surface area contributed by atoms with E-state index in [4.69, 9.17) is 0 Å². The van der Waals surface area contributed by atoms with Gasteiger partial charge in [-0.3, -0.25) is 0 Å². The molecule has 1 heterocycles. The second kappa shape index (κ2) is 6.31. The summed E-state index contributed by atoms with van der Waals surface area (Å²) in [5.74, 6) is 0. The van der Waals surface area contributed by atoms with Crippen molar-refractivity contribution in [2.75, 3.05) is 18.5 Å². The summed E-state index contributed by atoms with van der Waals surface area (Å²) in [6, 6.07) is 15.7. The van der Waals surface area contributed by atoms with Gasteiger partial charge in [0.1, 0.15) is 0 Å². The van der Waals surface area contributed by atoms with Gasteiger partial charge in [0.2, 0.25) is 0 Å². The van der Waals surface area contributed by atoms with Gasteiger partial charge in [0.15, 0.2) is 0 Å². The molecule has 2 nitrogen and oxygen atoms in total. The van der Waals surface area contributed by atoms with E-state index in [1.54, 1.807) is 0 Å². The monoisotopic (exact) mass is 280 g/mol. The number of rotatable bonds is 3. The number of anilines is 1. The first-order valence-electron chi connectivity index (χ1n) is 7.84. The van der Waals surface area contributed by atoms with Gasteiger partial charge in [-0.15, -0.1) is 0 Å². The molecule has 2 aromatic carbocycles. The molecule has 0 atom stereocenters. The Morgan fingerprint density at radius 1 is 1.10 bits per heavy atom. The first kappa shape index (κ1) is 14.2. The molecule has 0 spiro atoms. The molecule has 0 radical (unpaired) electrons. The summed E-state index contributed by atoms with van der Waals surface area (Å²) < 4.78 is 0. The van der Waals surface area contributed by atoms with Gasteiger partial charge in [0, 0.05) is 25.3 Å². The summed E-state index contributed by atoms with van der Waals surface area (Å²) in [5.41, 5.74) is 7.11. The lowest BCUT2D eigenvalue weighted by Crippen LogP contribution is -2.24. The van der Waals surface area contributed by atoms with Crippen molar-refractivity contribution >= 4 is 5.69 Å².